The summed E-state index contributed by atoms with van der Waals surface area (Å²) in [6.45, 7) is 76.5. The number of nitrogens with zero attached hydrogens (tertiary/aromatic N) is 11. The molecule has 4 saturated heterocycles. The number of halogens is 3. The quantitative estimate of drug-likeness (QED) is 0.0304. The number of fused-ring (bicyclic) bond motifs is 2. The van der Waals surface area contributed by atoms with E-state index in [1.807, 2.05) is 162 Å². The van der Waals surface area contributed by atoms with Crippen molar-refractivity contribution in [3.63, 3.8) is 0 Å². The number of terminal acetylenes is 1. The molecule has 7 aromatic heterocycles. The van der Waals surface area contributed by atoms with Gasteiger partial charge in [-0.25, -0.2) is 19.9 Å². The van der Waals surface area contributed by atoms with Crippen LogP contribution < -0.4 is 35.2 Å². The van der Waals surface area contributed by atoms with Crippen LogP contribution in [0.15, 0.2) is 126 Å². The van der Waals surface area contributed by atoms with Crippen molar-refractivity contribution in [1.82, 2.24) is 44.5 Å². The molecule has 0 unspecified atom stereocenters. The fourth-order valence-corrected chi connectivity index (χ4v) is 13.1. The van der Waals surface area contributed by atoms with Gasteiger partial charge in [0.15, 0.2) is 11.3 Å². The molecular weight excluding hydrogens is 1740 g/mol. The molecule has 0 amide bonds. The number of alkyl halides is 1. The predicted octanol–water partition coefficient (Wildman–Crippen LogP) is 18.4. The molecule has 0 atom stereocenters. The van der Waals surface area contributed by atoms with Crippen LogP contribution >= 0.6 is 27.5 Å². The van der Waals surface area contributed by atoms with Gasteiger partial charge in [0.25, 0.3) is 0 Å². The molecule has 4 fully saturated rings. The molecule has 2 aromatic carbocycles. The zero-order valence-corrected chi connectivity index (χ0v) is 86.7. The van der Waals surface area contributed by atoms with Gasteiger partial charge >= 0.3 is 47.5 Å². The van der Waals surface area contributed by atoms with Gasteiger partial charge < -0.3 is 81.9 Å². The zero-order chi connectivity index (χ0) is 95.5. The van der Waals surface area contributed by atoms with Gasteiger partial charge in [-0.1, -0.05) is 186 Å². The smallest absolute Gasteiger partial charge is 0.411 e. The summed E-state index contributed by atoms with van der Waals surface area (Å²) in [4.78, 5) is 17.9. The van der Waals surface area contributed by atoms with Crippen LogP contribution in [0, 0.1) is 64.9 Å². The second-order valence-corrected chi connectivity index (χ2v) is 53.1. The van der Waals surface area contributed by atoms with Crippen LogP contribution in [0.2, 0.25) is 58.9 Å². The Kier molecular flexibility index (Phi) is 48.3. The van der Waals surface area contributed by atoms with E-state index in [9.17, 15) is 4.39 Å². The summed E-state index contributed by atoms with van der Waals surface area (Å²) in [5.41, 5.74) is 16.1. The number of hydrogen-bond donors (Lipinski definition) is 2. The van der Waals surface area contributed by atoms with Crippen LogP contribution in [0.5, 0.6) is 0 Å². The van der Waals surface area contributed by atoms with Crippen molar-refractivity contribution in [3.05, 3.63) is 149 Å². The molecule has 0 spiro atoms. The van der Waals surface area contributed by atoms with Crippen LogP contribution in [0.4, 0.5) is 4.39 Å². The third kappa shape index (κ3) is 36.7. The molecule has 25 nitrogen and oxygen atoms in total. The molecule has 9 aromatic rings. The summed E-state index contributed by atoms with van der Waals surface area (Å²) in [7, 11) is -6.68. The van der Waals surface area contributed by atoms with Gasteiger partial charge in [-0.2, -0.15) is 6.42 Å². The summed E-state index contributed by atoms with van der Waals surface area (Å²) in [5.74, 6) is 5.04. The predicted molar refractivity (Wildman–Crippen MR) is 530 cm³/mol. The molecule has 11 heterocycles. The van der Waals surface area contributed by atoms with E-state index in [1.54, 1.807) is 25.6 Å². The maximum Gasteiger partial charge on any atom is 1.00 e. The third-order valence-corrected chi connectivity index (χ3v) is 24.8. The van der Waals surface area contributed by atoms with Gasteiger partial charge in [0.1, 0.15) is 59.0 Å². The van der Waals surface area contributed by atoms with E-state index in [2.05, 4.69) is 237 Å². The number of aryl methyl sites for hydroxylation is 5. The number of hydrogen-bond acceptors (Lipinski definition) is 23. The molecule has 13 rings (SSSR count). The molecular formula is C91H147B4BrClFLiN11O14Si3. The number of rotatable bonds is 11. The molecule has 2 N–H and O–H groups in total. The first-order valence-electron chi connectivity index (χ1n) is 42.2. The SMILES string of the molecule is C.C.C#C[Si](C)(C)C.C/C(Cl)=N/O.C/C=N/O.CC(C)OB1OC(C)(C)C(C)(C)O1.CC1(C)OB(C#C[Si](C)(C)C)OC1(C)C.Cc1nc2ncc(Br)cc2n1Cc1ccccc1.Cc1noc([Si](C)(C)C)c1B1OC(C)(C)C(C)(C)O1.Cc1nocc1-c1cnc2nc(C)n(Cc3ccccc3)c2c1.Cc1nocc1B1OC(C)(C)C(C)(C)O1.[2H]CF.[CH2-]CCC.[Li+]. The maximum atomic E-state index is 9.96. The molecule has 4 aliphatic heterocycles. The first-order chi connectivity index (χ1) is 57.6. The van der Waals surface area contributed by atoms with Gasteiger partial charge in [0, 0.05) is 64.3 Å². The van der Waals surface area contributed by atoms with Crippen molar-refractivity contribution in [2.24, 2.45) is 10.3 Å². The van der Waals surface area contributed by atoms with E-state index in [4.69, 9.17) is 85.3 Å². The van der Waals surface area contributed by atoms with Gasteiger partial charge in [-0.15, -0.1) is 22.7 Å². The Labute approximate surface area is 791 Å². The second kappa shape index (κ2) is 51.9. The van der Waals surface area contributed by atoms with Gasteiger partial charge in [0.2, 0.25) is 0 Å². The Morgan fingerprint density at radius 1 is 0.638 bits per heavy atom. The molecule has 4 aliphatic rings. The topological polar surface area (TPSA) is 288 Å². The number of pyridine rings is 2. The minimum Gasteiger partial charge on any atom is -0.411 e. The first kappa shape index (κ1) is 118. The van der Waals surface area contributed by atoms with Crippen molar-refractivity contribution >= 4 is 130 Å². The maximum absolute atomic E-state index is 9.96. The molecule has 127 heavy (non-hydrogen) atoms. The first-order valence-corrected chi connectivity index (χ1v) is 53.1. The van der Waals surface area contributed by atoms with E-state index in [1.165, 1.54) is 30.7 Å². The molecule has 0 bridgehead atoms. The Hall–Kier alpha value is -6.78. The number of oxime groups is 2. The number of imidazole rings is 2. The van der Waals surface area contributed by atoms with Crippen molar-refractivity contribution < 1.29 is 90.5 Å². The second-order valence-electron chi connectivity index (χ2n) is 37.2. The summed E-state index contributed by atoms with van der Waals surface area (Å²) in [5, 5.41) is 33.2. The largest absolute Gasteiger partial charge is 1.00 e. The molecule has 36 heteroatoms. The number of aromatic nitrogens is 9. The average Bonchev–Trinajstić information content (AvgIpc) is 1.60. The molecule has 0 saturated carbocycles. The number of benzene rings is 2. The van der Waals surface area contributed by atoms with Crippen LogP contribution in [-0.2, 0) is 55.0 Å². The molecule has 0 aliphatic carbocycles. The zero-order valence-electron chi connectivity index (χ0n) is 82.4. The Morgan fingerprint density at radius 3 is 1.36 bits per heavy atom. The molecule has 696 valence electrons. The Balaban J connectivity index is 0.00000145. The van der Waals surface area contributed by atoms with Crippen molar-refractivity contribution in [3.8, 4) is 34.5 Å². The Morgan fingerprint density at radius 2 is 1.02 bits per heavy atom. The van der Waals surface area contributed by atoms with Gasteiger partial charge in [-0.05, 0) is 212 Å². The van der Waals surface area contributed by atoms with E-state index in [0.29, 0.717) is 0 Å². The number of unbranched alkanes of at least 4 members (excludes halogenated alkanes) is 1. The van der Waals surface area contributed by atoms with E-state index in [-0.39, 0.29) is 111 Å². The van der Waals surface area contributed by atoms with Gasteiger partial charge in [0.05, 0.1) is 81.4 Å². The van der Waals surface area contributed by atoms with Crippen LogP contribution in [-0.4, -0.2) is 177 Å². The van der Waals surface area contributed by atoms with Crippen LogP contribution in [0.1, 0.15) is 214 Å². The van der Waals surface area contributed by atoms with Gasteiger partial charge in [-0.3, -0.25) is 4.39 Å². The average molecular weight is 1890 g/mol. The third-order valence-electron chi connectivity index (χ3n) is 20.8. The molecule has 0 radical (unpaired) electrons. The van der Waals surface area contributed by atoms with E-state index < -0.39 is 38.7 Å². The Bertz CT molecular complexity index is 4890. The summed E-state index contributed by atoms with van der Waals surface area (Å²) in [6.07, 6.45) is 15.7. The normalized spacial score (nSPS) is 16.7. The van der Waals surface area contributed by atoms with Crippen molar-refractivity contribution in [2.45, 2.75) is 331 Å². The summed E-state index contributed by atoms with van der Waals surface area (Å²) in [6, 6.07) is 24.9. The fourth-order valence-electron chi connectivity index (χ4n) is 10.8. The standard InChI is InChI=1S/C18H16N4O.C14H12BrN3.C13H24BNO3Si.C11H21BO2Si.C10H16BNO3.C9H19BO3.C5H10Si.C4H9.C2H4ClNO.C2H5NO.CH3F.2CH4.Li/c1-12-16(11-23-21-12)15-8-17-18(19-9-15)20-13(2)22(17)10-14-6-4-3-5-7-14;1-10-17-14-13(7-12(15)8-16-14)18(10)9-11-5-3-2-4-6-11;1-9-10(11(16-15-9)19(6,7)8)14-17-12(2,3)13(4,5)18-14;1-10(2)11(3,4)14-12(13-10)8-9-15(5,6)7;1-7-8(6-13-12-7)11-14-9(2,3)10(4,5)15-11;1-7(2)11-10-12-8(3,4)9(5,6)13-10;1-5-6(2,3)4;1-3-4-2;1-2(3)4-5;1-2-3-4;1-2;;;/h3-9,11H,10H2,1-2H3;2-8H,9H2,1H3;1-8H3;1-7H3;6H,1-5H3;7H,1-6H3;1H,2-4H3;1,3-4H2,2H3;5H,1H3;2,4H,1H3;1H3;2*1H4;/q;;;;;;;-1;;;;;;+1/b;;;;;;;;4-2-;3-2+;;;;/i;;;;;;;;;;1D;;;. The fraction of sp³-hybridized carbons (Fsp3) is 0.560. The minimum atomic E-state index is -1.61. The van der Waals surface area contributed by atoms with Crippen LogP contribution in [0.25, 0.3) is 33.5 Å². The minimum absolute atomic E-state index is 0. The monoisotopic (exact) mass is 1890 g/mol. The van der Waals surface area contributed by atoms with Crippen molar-refractivity contribution in [1.29, 1.82) is 0 Å². The van der Waals surface area contributed by atoms with Crippen molar-refractivity contribution in [2.75, 3.05) is 7.15 Å². The summed E-state index contributed by atoms with van der Waals surface area (Å²) >= 11 is 8.42. The van der Waals surface area contributed by atoms with E-state index in [0.717, 1.165) is 102 Å². The van der Waals surface area contributed by atoms with E-state index >= 15 is 0 Å². The van der Waals surface area contributed by atoms with Crippen LogP contribution in [0.3, 0.4) is 0 Å². The summed E-state index contributed by atoms with van der Waals surface area (Å²) < 4.78 is 88.6.